The molecule has 0 radical (unpaired) electrons. The topological polar surface area (TPSA) is 49.3 Å². The molecule has 0 aromatic heterocycles. The molecule has 3 nitrogen and oxygen atoms in total. The van der Waals surface area contributed by atoms with Crippen LogP contribution < -0.4 is 5.32 Å². The monoisotopic (exact) mass is 307 g/mol. The van der Waals surface area contributed by atoms with Gasteiger partial charge in [0.1, 0.15) is 5.82 Å². The second kappa shape index (κ2) is 6.59. The van der Waals surface area contributed by atoms with Crippen LogP contribution in [0.3, 0.4) is 0 Å². The Balaban J connectivity index is 2.05. The van der Waals surface area contributed by atoms with Crippen molar-refractivity contribution in [3.05, 3.63) is 64.4 Å². The Morgan fingerprint density at radius 3 is 2.57 bits per heavy atom. The molecular formula is C16H15ClFNO2. The summed E-state index contributed by atoms with van der Waals surface area (Å²) in [5.74, 6) is -2.01. The number of rotatable bonds is 5. The number of aromatic carboxylic acids is 1. The highest BCUT2D eigenvalue weighted by Crippen LogP contribution is 2.17. The van der Waals surface area contributed by atoms with Gasteiger partial charge in [-0.25, -0.2) is 9.18 Å². The van der Waals surface area contributed by atoms with Gasteiger partial charge in [-0.05, 0) is 49.2 Å². The van der Waals surface area contributed by atoms with E-state index in [9.17, 15) is 9.18 Å². The van der Waals surface area contributed by atoms with Crippen LogP contribution >= 0.6 is 11.6 Å². The molecule has 0 aliphatic heterocycles. The van der Waals surface area contributed by atoms with Gasteiger partial charge in [-0.1, -0.05) is 23.7 Å². The Bertz CT molecular complexity index is 643. The van der Waals surface area contributed by atoms with Crippen LogP contribution in [0.15, 0.2) is 42.5 Å². The minimum Gasteiger partial charge on any atom is -0.478 e. The van der Waals surface area contributed by atoms with Gasteiger partial charge in [0, 0.05) is 16.8 Å². The van der Waals surface area contributed by atoms with E-state index in [1.807, 2.05) is 31.2 Å². The van der Waals surface area contributed by atoms with Crippen LogP contribution in [0, 0.1) is 5.82 Å². The molecule has 21 heavy (non-hydrogen) atoms. The fourth-order valence-electron chi connectivity index (χ4n) is 2.09. The van der Waals surface area contributed by atoms with E-state index >= 15 is 0 Å². The largest absolute Gasteiger partial charge is 0.478 e. The van der Waals surface area contributed by atoms with Crippen LogP contribution in [0.4, 0.5) is 10.1 Å². The molecule has 2 aromatic carbocycles. The van der Waals surface area contributed by atoms with Gasteiger partial charge in [0.2, 0.25) is 0 Å². The van der Waals surface area contributed by atoms with Crippen molar-refractivity contribution in [2.75, 3.05) is 5.32 Å². The van der Waals surface area contributed by atoms with Crippen LogP contribution in [-0.4, -0.2) is 17.1 Å². The van der Waals surface area contributed by atoms with Crippen LogP contribution in [0.5, 0.6) is 0 Å². The summed E-state index contributed by atoms with van der Waals surface area (Å²) >= 11 is 5.83. The molecule has 0 aliphatic carbocycles. The van der Waals surface area contributed by atoms with Crippen LogP contribution in [0.1, 0.15) is 22.8 Å². The molecule has 110 valence electrons. The van der Waals surface area contributed by atoms with Crippen LogP contribution in [0.2, 0.25) is 5.02 Å². The quantitative estimate of drug-likeness (QED) is 0.869. The van der Waals surface area contributed by atoms with Gasteiger partial charge in [0.15, 0.2) is 0 Å². The van der Waals surface area contributed by atoms with Crippen molar-refractivity contribution in [2.45, 2.75) is 19.4 Å². The lowest BCUT2D eigenvalue weighted by Gasteiger charge is -2.16. The van der Waals surface area contributed by atoms with Gasteiger partial charge in [-0.2, -0.15) is 0 Å². The van der Waals surface area contributed by atoms with E-state index in [0.29, 0.717) is 10.7 Å². The van der Waals surface area contributed by atoms with Crippen molar-refractivity contribution in [1.82, 2.24) is 0 Å². The van der Waals surface area contributed by atoms with E-state index < -0.39 is 11.8 Å². The first kappa shape index (κ1) is 15.3. The maximum Gasteiger partial charge on any atom is 0.338 e. The van der Waals surface area contributed by atoms with E-state index in [1.165, 1.54) is 12.1 Å². The second-order valence-corrected chi connectivity index (χ2v) is 5.31. The number of halogens is 2. The maximum absolute atomic E-state index is 13.3. The van der Waals surface area contributed by atoms with E-state index in [2.05, 4.69) is 5.32 Å². The number of carboxylic acid groups (broad SMARTS) is 1. The fourth-order valence-corrected chi connectivity index (χ4v) is 2.21. The third-order valence-electron chi connectivity index (χ3n) is 3.06. The van der Waals surface area contributed by atoms with Crippen molar-refractivity contribution in [1.29, 1.82) is 0 Å². The molecule has 1 atom stereocenters. The summed E-state index contributed by atoms with van der Waals surface area (Å²) in [5.41, 5.74) is 1.36. The van der Waals surface area contributed by atoms with Crippen molar-refractivity contribution in [2.24, 2.45) is 0 Å². The molecular weight excluding hydrogens is 293 g/mol. The van der Waals surface area contributed by atoms with Crippen molar-refractivity contribution < 1.29 is 14.3 Å². The SMILES string of the molecule is CC(Cc1ccc(Cl)cc1)Nc1ccc(F)c(C(=O)O)c1. The summed E-state index contributed by atoms with van der Waals surface area (Å²) in [6.45, 7) is 1.97. The molecule has 1 unspecified atom stereocenters. The number of nitrogens with one attached hydrogen (secondary N) is 1. The number of anilines is 1. The van der Waals surface area contributed by atoms with Crippen molar-refractivity contribution in [3.63, 3.8) is 0 Å². The van der Waals surface area contributed by atoms with E-state index in [-0.39, 0.29) is 11.6 Å². The third-order valence-corrected chi connectivity index (χ3v) is 3.32. The smallest absolute Gasteiger partial charge is 0.338 e. The highest BCUT2D eigenvalue weighted by Gasteiger charge is 2.12. The summed E-state index contributed by atoms with van der Waals surface area (Å²) < 4.78 is 13.3. The molecule has 0 saturated carbocycles. The zero-order valence-corrected chi connectivity index (χ0v) is 12.2. The zero-order chi connectivity index (χ0) is 15.4. The molecule has 0 saturated heterocycles. The summed E-state index contributed by atoms with van der Waals surface area (Å²) in [6, 6.07) is 11.6. The van der Waals surface area contributed by atoms with Gasteiger partial charge in [-0.15, -0.1) is 0 Å². The second-order valence-electron chi connectivity index (χ2n) is 4.88. The van der Waals surface area contributed by atoms with E-state index in [0.717, 1.165) is 18.1 Å². The first-order valence-corrected chi connectivity index (χ1v) is 6.87. The number of benzene rings is 2. The van der Waals surface area contributed by atoms with Gasteiger partial charge in [-0.3, -0.25) is 0 Å². The summed E-state index contributed by atoms with van der Waals surface area (Å²) in [6.07, 6.45) is 0.747. The Hall–Kier alpha value is -2.07. The minimum absolute atomic E-state index is 0.0679. The molecule has 0 spiro atoms. The van der Waals surface area contributed by atoms with Crippen molar-refractivity contribution in [3.8, 4) is 0 Å². The molecule has 2 rings (SSSR count). The molecule has 2 N–H and O–H groups in total. The number of hydrogen-bond acceptors (Lipinski definition) is 2. The number of carboxylic acids is 1. The molecule has 0 fully saturated rings. The summed E-state index contributed by atoms with van der Waals surface area (Å²) in [4.78, 5) is 10.9. The lowest BCUT2D eigenvalue weighted by molar-refractivity contribution is 0.0692. The summed E-state index contributed by atoms with van der Waals surface area (Å²) in [5, 5.41) is 12.8. The minimum atomic E-state index is -1.28. The maximum atomic E-state index is 13.3. The highest BCUT2D eigenvalue weighted by molar-refractivity contribution is 6.30. The Morgan fingerprint density at radius 1 is 1.29 bits per heavy atom. The van der Waals surface area contributed by atoms with E-state index in [4.69, 9.17) is 16.7 Å². The lowest BCUT2D eigenvalue weighted by atomic mass is 10.1. The number of carbonyl (C=O) groups is 1. The lowest BCUT2D eigenvalue weighted by Crippen LogP contribution is -2.18. The Kier molecular flexibility index (Phi) is 4.81. The van der Waals surface area contributed by atoms with Crippen molar-refractivity contribution >= 4 is 23.3 Å². The number of hydrogen-bond donors (Lipinski definition) is 2. The zero-order valence-electron chi connectivity index (χ0n) is 11.4. The fraction of sp³-hybridized carbons (Fsp3) is 0.188. The standard InChI is InChI=1S/C16H15ClFNO2/c1-10(8-11-2-4-12(17)5-3-11)19-13-6-7-15(18)14(9-13)16(20)21/h2-7,9-10,19H,8H2,1H3,(H,20,21). The predicted molar refractivity (Wildman–Crippen MR) is 81.6 cm³/mol. The average molecular weight is 308 g/mol. The third kappa shape index (κ3) is 4.20. The Morgan fingerprint density at radius 2 is 1.95 bits per heavy atom. The first-order valence-electron chi connectivity index (χ1n) is 6.49. The highest BCUT2D eigenvalue weighted by atomic mass is 35.5. The normalized spacial score (nSPS) is 12.0. The Labute approximate surface area is 127 Å². The molecule has 0 amide bonds. The van der Waals surface area contributed by atoms with E-state index in [1.54, 1.807) is 0 Å². The molecule has 0 bridgehead atoms. The first-order chi connectivity index (χ1) is 9.95. The van der Waals surface area contributed by atoms with Gasteiger partial charge in [0.05, 0.1) is 5.56 Å². The predicted octanol–water partition coefficient (Wildman–Crippen LogP) is 4.22. The molecule has 5 heteroatoms. The summed E-state index contributed by atoms with van der Waals surface area (Å²) in [7, 11) is 0. The molecule has 0 aliphatic rings. The van der Waals surface area contributed by atoms with Gasteiger partial charge in [0.25, 0.3) is 0 Å². The van der Waals surface area contributed by atoms with Gasteiger partial charge >= 0.3 is 5.97 Å². The van der Waals surface area contributed by atoms with Gasteiger partial charge < -0.3 is 10.4 Å². The van der Waals surface area contributed by atoms with Crippen LogP contribution in [-0.2, 0) is 6.42 Å². The van der Waals surface area contributed by atoms with Crippen LogP contribution in [0.25, 0.3) is 0 Å². The molecule has 0 heterocycles. The average Bonchev–Trinajstić information content (AvgIpc) is 2.43. The molecule has 2 aromatic rings.